The molecular weight excluding hydrogens is 246 g/mol. The van der Waals surface area contributed by atoms with Gasteiger partial charge in [0.15, 0.2) is 0 Å². The van der Waals surface area contributed by atoms with Gasteiger partial charge in [0.2, 0.25) is 0 Å². The summed E-state index contributed by atoms with van der Waals surface area (Å²) in [7, 11) is -0.243. The molecule has 0 N–H and O–H groups in total. The van der Waals surface area contributed by atoms with Gasteiger partial charge in [0, 0.05) is 0 Å². The van der Waals surface area contributed by atoms with Gasteiger partial charge in [0.1, 0.15) is 0 Å². The predicted octanol–water partition coefficient (Wildman–Crippen LogP) is 4.15. The molecule has 1 heterocycles. The van der Waals surface area contributed by atoms with Crippen LogP contribution in [-0.4, -0.2) is 24.6 Å². The summed E-state index contributed by atoms with van der Waals surface area (Å²) in [6.45, 7) is 13.1. The van der Waals surface area contributed by atoms with Crippen molar-refractivity contribution in [3.05, 3.63) is 0 Å². The van der Waals surface area contributed by atoms with Crippen LogP contribution in [0.4, 0.5) is 0 Å². The van der Waals surface area contributed by atoms with Crippen LogP contribution in [-0.2, 0) is 9.31 Å². The second-order valence-electron chi connectivity index (χ2n) is 6.27. The zero-order chi connectivity index (χ0) is 13.9. The highest BCUT2D eigenvalue weighted by Gasteiger charge is 2.47. The molecule has 1 fully saturated rings. The maximum absolute atomic E-state index is 6.51. The average molecular weight is 275 g/mol. The molecule has 0 spiro atoms. The average Bonchev–Trinajstić information content (AvgIpc) is 2.73. The molecule has 1 aliphatic heterocycles. The third kappa shape index (κ3) is 3.88. The molecule has 0 amide bonds. The number of hydrogen-bond acceptors (Lipinski definition) is 2. The second kappa shape index (κ2) is 7.16. The van der Waals surface area contributed by atoms with Crippen LogP contribution >= 0.6 is 11.6 Å². The monoisotopic (exact) mass is 274 g/mol. The Balaban J connectivity index is 2.65. The lowest BCUT2D eigenvalue weighted by Crippen LogP contribution is -2.34. The molecule has 0 unspecified atom stereocenters. The molecule has 0 aromatic rings. The zero-order valence-corrected chi connectivity index (χ0v) is 13.4. The lowest BCUT2D eigenvalue weighted by molar-refractivity contribution is 0.0815. The van der Waals surface area contributed by atoms with Crippen molar-refractivity contribution in [2.75, 3.05) is 0 Å². The van der Waals surface area contributed by atoms with Gasteiger partial charge >= 0.3 is 7.12 Å². The molecule has 1 saturated heterocycles. The van der Waals surface area contributed by atoms with Crippen LogP contribution in [0.3, 0.4) is 0 Å². The molecule has 0 aliphatic carbocycles. The molecule has 2 nitrogen and oxygen atoms in total. The van der Waals surface area contributed by atoms with Crippen LogP contribution in [0.1, 0.15) is 54.4 Å². The summed E-state index contributed by atoms with van der Waals surface area (Å²) < 4.78 is 12.1. The number of alkyl halides is 1. The van der Waals surface area contributed by atoms with Crippen molar-refractivity contribution in [3.8, 4) is 0 Å². The van der Waals surface area contributed by atoms with E-state index in [1.807, 2.05) is 0 Å². The molecular formula is C14H28BClO2. The van der Waals surface area contributed by atoms with E-state index in [-0.39, 0.29) is 24.6 Å². The van der Waals surface area contributed by atoms with E-state index in [0.29, 0.717) is 17.8 Å². The lowest BCUT2D eigenvalue weighted by Gasteiger charge is -2.24. The maximum Gasteiger partial charge on any atom is 0.476 e. The number of rotatable bonds is 6. The Morgan fingerprint density at radius 2 is 1.44 bits per heavy atom. The Hall–Kier alpha value is 0.275. The summed E-state index contributed by atoms with van der Waals surface area (Å²) in [6, 6.07) is 0. The first-order chi connectivity index (χ1) is 8.38. The van der Waals surface area contributed by atoms with Crippen molar-refractivity contribution in [3.63, 3.8) is 0 Å². The van der Waals surface area contributed by atoms with Gasteiger partial charge in [0.05, 0.1) is 17.5 Å². The van der Waals surface area contributed by atoms with Gasteiger partial charge in [-0.3, -0.25) is 0 Å². The van der Waals surface area contributed by atoms with Gasteiger partial charge in [-0.1, -0.05) is 54.4 Å². The molecule has 18 heavy (non-hydrogen) atoms. The molecule has 4 heteroatoms. The molecule has 0 aromatic carbocycles. The van der Waals surface area contributed by atoms with Crippen LogP contribution in [0.15, 0.2) is 0 Å². The van der Waals surface area contributed by atoms with E-state index in [0.717, 1.165) is 12.8 Å². The van der Waals surface area contributed by atoms with E-state index in [1.165, 1.54) is 0 Å². The molecule has 0 aromatic heterocycles. The van der Waals surface area contributed by atoms with Crippen molar-refractivity contribution >= 4 is 18.7 Å². The highest BCUT2D eigenvalue weighted by atomic mass is 35.5. The smallest absolute Gasteiger partial charge is 0.404 e. The van der Waals surface area contributed by atoms with Crippen molar-refractivity contribution in [1.29, 1.82) is 0 Å². The quantitative estimate of drug-likeness (QED) is 0.535. The fraction of sp³-hybridized carbons (Fsp3) is 1.00. The maximum atomic E-state index is 6.51. The Morgan fingerprint density at radius 3 is 1.78 bits per heavy atom. The summed E-state index contributed by atoms with van der Waals surface area (Å²) in [5.74, 6) is 1.36. The van der Waals surface area contributed by atoms with E-state index in [4.69, 9.17) is 20.9 Å². The summed E-state index contributed by atoms with van der Waals surface area (Å²) >= 11 is 6.51. The van der Waals surface area contributed by atoms with Crippen molar-refractivity contribution in [2.45, 2.75) is 71.9 Å². The first kappa shape index (κ1) is 16.3. The largest absolute Gasteiger partial charge is 0.476 e. The zero-order valence-electron chi connectivity index (χ0n) is 12.7. The Bertz CT molecular complexity index is 232. The third-order valence-electron chi connectivity index (χ3n) is 3.77. The fourth-order valence-electron chi connectivity index (χ4n) is 2.60. The van der Waals surface area contributed by atoms with E-state index in [1.54, 1.807) is 0 Å². The lowest BCUT2D eigenvalue weighted by atomic mass is 9.76. The summed E-state index contributed by atoms with van der Waals surface area (Å²) in [6.07, 6.45) is 2.61. The molecule has 0 radical (unpaired) electrons. The summed E-state index contributed by atoms with van der Waals surface area (Å²) in [4.78, 5) is 0. The van der Waals surface area contributed by atoms with Gasteiger partial charge in [-0.25, -0.2) is 0 Å². The SMILES string of the molecule is CCC[C@@H](C)[C@@H](Cl)B1O[C@H](C(C)C)[C@@H](C(C)C)O1. The number of hydrogen-bond donors (Lipinski definition) is 0. The predicted molar refractivity (Wildman–Crippen MR) is 78.9 cm³/mol. The molecule has 1 rings (SSSR count). The highest BCUT2D eigenvalue weighted by Crippen LogP contribution is 2.32. The van der Waals surface area contributed by atoms with Crippen LogP contribution in [0.5, 0.6) is 0 Å². The summed E-state index contributed by atoms with van der Waals surface area (Å²) in [5, 5.41) is -0.0463. The van der Waals surface area contributed by atoms with E-state index < -0.39 is 0 Å². The Kier molecular flexibility index (Phi) is 6.50. The molecule has 4 atom stereocenters. The van der Waals surface area contributed by atoms with Crippen molar-refractivity contribution in [1.82, 2.24) is 0 Å². The minimum absolute atomic E-state index is 0.0463. The molecule has 1 aliphatic rings. The van der Waals surface area contributed by atoms with Crippen LogP contribution in [0, 0.1) is 17.8 Å². The fourth-order valence-corrected chi connectivity index (χ4v) is 2.85. The minimum Gasteiger partial charge on any atom is -0.404 e. The number of halogens is 1. The molecule has 0 bridgehead atoms. The Labute approximate surface area is 118 Å². The van der Waals surface area contributed by atoms with E-state index >= 15 is 0 Å². The summed E-state index contributed by atoms with van der Waals surface area (Å²) in [5.41, 5.74) is 0. The minimum atomic E-state index is -0.243. The molecule has 106 valence electrons. The topological polar surface area (TPSA) is 18.5 Å². The standard InChI is InChI=1S/C14H28BClO2/c1-7-8-11(6)14(16)15-17-12(9(2)3)13(18-15)10(4)5/h9-14H,7-8H2,1-6H3/t11-,12-,13-,14-/m1/s1. The van der Waals surface area contributed by atoms with Gasteiger partial charge < -0.3 is 9.31 Å². The van der Waals surface area contributed by atoms with Crippen molar-refractivity contribution in [2.24, 2.45) is 17.8 Å². The third-order valence-corrected chi connectivity index (χ3v) is 4.40. The van der Waals surface area contributed by atoms with E-state index in [9.17, 15) is 0 Å². The first-order valence-electron chi connectivity index (χ1n) is 7.33. The molecule has 0 saturated carbocycles. The van der Waals surface area contributed by atoms with Crippen LogP contribution in [0.2, 0.25) is 0 Å². The van der Waals surface area contributed by atoms with Gasteiger partial charge in [-0.15, -0.1) is 11.6 Å². The Morgan fingerprint density at radius 1 is 1.00 bits per heavy atom. The van der Waals surface area contributed by atoms with Crippen LogP contribution < -0.4 is 0 Å². The van der Waals surface area contributed by atoms with Crippen LogP contribution in [0.25, 0.3) is 0 Å². The highest BCUT2D eigenvalue weighted by molar-refractivity contribution is 6.59. The van der Waals surface area contributed by atoms with Gasteiger partial charge in [-0.2, -0.15) is 0 Å². The normalized spacial score (nSPS) is 28.2. The first-order valence-corrected chi connectivity index (χ1v) is 7.77. The van der Waals surface area contributed by atoms with Gasteiger partial charge in [-0.05, 0) is 17.8 Å². The van der Waals surface area contributed by atoms with E-state index in [2.05, 4.69) is 41.5 Å². The second-order valence-corrected chi connectivity index (χ2v) is 6.77. The van der Waals surface area contributed by atoms with Gasteiger partial charge in [0.25, 0.3) is 0 Å². The van der Waals surface area contributed by atoms with Crippen molar-refractivity contribution < 1.29 is 9.31 Å².